The van der Waals surface area contributed by atoms with E-state index in [9.17, 15) is 13.2 Å². The van der Waals surface area contributed by atoms with Crippen molar-refractivity contribution < 1.29 is 17.9 Å². The Hall–Kier alpha value is -0.930. The van der Waals surface area contributed by atoms with Crippen LogP contribution < -0.4 is 5.32 Å². The van der Waals surface area contributed by atoms with E-state index in [0.29, 0.717) is 13.1 Å². The maximum atomic E-state index is 12.3. The summed E-state index contributed by atoms with van der Waals surface area (Å²) in [6, 6.07) is 2.41. The summed E-state index contributed by atoms with van der Waals surface area (Å²) >= 11 is 0. The average Bonchev–Trinajstić information content (AvgIpc) is 2.47. The number of rotatable bonds is 3. The van der Waals surface area contributed by atoms with Crippen LogP contribution in [0.1, 0.15) is 0 Å². The molecule has 1 N–H and O–H groups in total. The molecule has 1 aromatic rings. The second-order valence-electron chi connectivity index (χ2n) is 4.08. The number of piperazine rings is 1. The summed E-state index contributed by atoms with van der Waals surface area (Å²) in [6.07, 6.45) is 2.80. The maximum absolute atomic E-state index is 12.3. The fourth-order valence-electron chi connectivity index (χ4n) is 1.89. The Morgan fingerprint density at radius 1 is 1.48 bits per heavy atom. The van der Waals surface area contributed by atoms with Gasteiger partial charge in [0.1, 0.15) is 10.9 Å². The molecule has 1 fully saturated rings. The van der Waals surface area contributed by atoms with Gasteiger partial charge in [-0.2, -0.15) is 4.31 Å². The van der Waals surface area contributed by atoms with Crippen LogP contribution in [0.3, 0.4) is 0 Å². The van der Waals surface area contributed by atoms with Gasteiger partial charge in [-0.05, 0) is 12.1 Å². The lowest BCUT2D eigenvalue weighted by Gasteiger charge is -2.31. The van der Waals surface area contributed by atoms with E-state index in [2.05, 4.69) is 15.0 Å². The molecule has 1 aromatic heterocycles. The van der Waals surface area contributed by atoms with Crippen molar-refractivity contribution in [2.24, 2.45) is 0 Å². The van der Waals surface area contributed by atoms with Crippen molar-refractivity contribution in [1.29, 1.82) is 0 Å². The second kappa shape index (κ2) is 8.50. The predicted molar refractivity (Wildman–Crippen MR) is 81.3 cm³/mol. The Morgan fingerprint density at radius 2 is 2.19 bits per heavy atom. The number of aromatic nitrogens is 1. The number of carbonyl (C=O) groups is 1. The summed E-state index contributed by atoms with van der Waals surface area (Å²) in [5.41, 5.74) is 0. The molecule has 2 heterocycles. The van der Waals surface area contributed by atoms with E-state index in [0.717, 1.165) is 0 Å². The third-order valence-corrected chi connectivity index (χ3v) is 4.74. The molecule has 0 amide bonds. The van der Waals surface area contributed by atoms with Crippen molar-refractivity contribution >= 4 is 40.8 Å². The van der Waals surface area contributed by atoms with Gasteiger partial charge in [0.2, 0.25) is 10.0 Å². The largest absolute Gasteiger partial charge is 0.468 e. The van der Waals surface area contributed by atoms with Gasteiger partial charge in [-0.25, -0.2) is 8.42 Å². The molecule has 1 saturated heterocycles. The van der Waals surface area contributed by atoms with Crippen molar-refractivity contribution in [1.82, 2.24) is 14.6 Å². The highest BCUT2D eigenvalue weighted by atomic mass is 35.5. The lowest BCUT2D eigenvalue weighted by Crippen LogP contribution is -2.55. The number of esters is 1. The third-order valence-electron chi connectivity index (χ3n) is 2.90. The van der Waals surface area contributed by atoms with Gasteiger partial charge in [-0.1, -0.05) is 0 Å². The highest BCUT2D eigenvalue weighted by Crippen LogP contribution is 2.16. The molecule has 1 atom stereocenters. The monoisotopic (exact) mass is 357 g/mol. The summed E-state index contributed by atoms with van der Waals surface area (Å²) in [4.78, 5) is 15.4. The first kappa shape index (κ1) is 20.1. The number of nitrogens with zero attached hydrogens (tertiary/aromatic N) is 2. The Morgan fingerprint density at radius 3 is 2.76 bits per heavy atom. The SMILES string of the molecule is COC(=O)[C@H]1CN(S(=O)(=O)c2cccnc2)CCN1.Cl.Cl. The zero-order chi connectivity index (χ0) is 13.9. The fourth-order valence-corrected chi connectivity index (χ4v) is 3.31. The van der Waals surface area contributed by atoms with Crippen molar-refractivity contribution in [3.05, 3.63) is 24.5 Å². The molecular formula is C11H17Cl2N3O4S. The molecule has 1 aliphatic heterocycles. The first-order valence-corrected chi connectivity index (χ1v) is 7.21. The van der Waals surface area contributed by atoms with Gasteiger partial charge in [0.05, 0.1) is 7.11 Å². The Bertz CT molecular complexity index is 556. The second-order valence-corrected chi connectivity index (χ2v) is 6.02. The van der Waals surface area contributed by atoms with E-state index in [1.807, 2.05) is 0 Å². The van der Waals surface area contributed by atoms with Gasteiger partial charge in [0.15, 0.2) is 0 Å². The van der Waals surface area contributed by atoms with E-state index in [1.54, 1.807) is 6.07 Å². The van der Waals surface area contributed by atoms with Crippen molar-refractivity contribution in [3.8, 4) is 0 Å². The Balaban J connectivity index is 0.00000200. The molecular weight excluding hydrogens is 341 g/mol. The average molecular weight is 358 g/mol. The third kappa shape index (κ3) is 4.52. The van der Waals surface area contributed by atoms with Gasteiger partial charge in [-0.3, -0.25) is 9.78 Å². The minimum absolute atomic E-state index is 0. The predicted octanol–water partition coefficient (Wildman–Crippen LogP) is 0.0607. The van der Waals surface area contributed by atoms with Crippen LogP contribution in [0.25, 0.3) is 0 Å². The van der Waals surface area contributed by atoms with Crippen LogP contribution in [0.4, 0.5) is 0 Å². The number of halogens is 2. The van der Waals surface area contributed by atoms with Crippen LogP contribution in [0.2, 0.25) is 0 Å². The summed E-state index contributed by atoms with van der Waals surface area (Å²) in [5, 5.41) is 2.93. The topological polar surface area (TPSA) is 88.6 Å². The standard InChI is InChI=1S/C11H15N3O4S.2ClH/c1-18-11(15)10-8-14(6-5-13-10)19(16,17)9-3-2-4-12-7-9;;/h2-4,7,10,13H,5-6,8H2,1H3;2*1H/t10-;;/m1../s1. The lowest BCUT2D eigenvalue weighted by molar-refractivity contribution is -0.143. The van der Waals surface area contributed by atoms with E-state index in [1.165, 1.54) is 29.9 Å². The molecule has 0 radical (unpaired) electrons. The summed E-state index contributed by atoms with van der Waals surface area (Å²) in [7, 11) is -2.34. The van der Waals surface area contributed by atoms with Crippen LogP contribution in [0, 0.1) is 0 Å². The molecule has 21 heavy (non-hydrogen) atoms. The van der Waals surface area contributed by atoms with Crippen LogP contribution in [-0.4, -0.2) is 56.5 Å². The van der Waals surface area contributed by atoms with Crippen LogP contribution in [-0.2, 0) is 19.6 Å². The van der Waals surface area contributed by atoms with Gasteiger partial charge in [-0.15, -0.1) is 24.8 Å². The van der Waals surface area contributed by atoms with Gasteiger partial charge >= 0.3 is 5.97 Å². The quantitative estimate of drug-likeness (QED) is 0.769. The van der Waals surface area contributed by atoms with Crippen molar-refractivity contribution in [2.45, 2.75) is 10.9 Å². The van der Waals surface area contributed by atoms with E-state index < -0.39 is 22.0 Å². The van der Waals surface area contributed by atoms with Gasteiger partial charge in [0, 0.05) is 32.0 Å². The molecule has 0 bridgehead atoms. The molecule has 10 heteroatoms. The molecule has 0 spiro atoms. The van der Waals surface area contributed by atoms with Gasteiger partial charge in [0.25, 0.3) is 0 Å². The molecule has 0 saturated carbocycles. The zero-order valence-electron chi connectivity index (χ0n) is 11.3. The first-order chi connectivity index (χ1) is 9.05. The van der Waals surface area contributed by atoms with E-state index in [4.69, 9.17) is 0 Å². The smallest absolute Gasteiger partial charge is 0.324 e. The molecule has 0 aliphatic carbocycles. The molecule has 7 nitrogen and oxygen atoms in total. The fraction of sp³-hybridized carbons (Fsp3) is 0.455. The number of hydrogen-bond donors (Lipinski definition) is 1. The van der Waals surface area contributed by atoms with Crippen molar-refractivity contribution in [3.63, 3.8) is 0 Å². The number of hydrogen-bond acceptors (Lipinski definition) is 6. The minimum Gasteiger partial charge on any atom is -0.468 e. The Kier molecular flexibility index (Phi) is 8.12. The van der Waals surface area contributed by atoms with Crippen LogP contribution >= 0.6 is 24.8 Å². The molecule has 1 aliphatic rings. The highest BCUT2D eigenvalue weighted by molar-refractivity contribution is 7.89. The summed E-state index contributed by atoms with van der Waals surface area (Å²) in [5.74, 6) is -0.467. The minimum atomic E-state index is -3.61. The van der Waals surface area contributed by atoms with Gasteiger partial charge < -0.3 is 10.1 Å². The number of sulfonamides is 1. The summed E-state index contributed by atoms with van der Waals surface area (Å²) < 4.78 is 30.6. The van der Waals surface area contributed by atoms with E-state index in [-0.39, 0.29) is 36.3 Å². The van der Waals surface area contributed by atoms with Crippen molar-refractivity contribution in [2.75, 3.05) is 26.7 Å². The normalized spacial score (nSPS) is 19.0. The zero-order valence-corrected chi connectivity index (χ0v) is 13.7. The molecule has 2 rings (SSSR count). The number of carbonyl (C=O) groups excluding carboxylic acids is 1. The van der Waals surface area contributed by atoms with Crippen LogP contribution in [0.5, 0.6) is 0 Å². The number of pyridine rings is 1. The Labute approximate surface area is 135 Å². The molecule has 120 valence electrons. The summed E-state index contributed by atoms with van der Waals surface area (Å²) in [6.45, 7) is 0.772. The lowest BCUT2D eigenvalue weighted by atomic mass is 10.2. The number of methoxy groups -OCH3 is 1. The molecule has 0 unspecified atom stereocenters. The number of nitrogens with one attached hydrogen (secondary N) is 1. The van der Waals surface area contributed by atoms with Crippen LogP contribution in [0.15, 0.2) is 29.4 Å². The maximum Gasteiger partial charge on any atom is 0.324 e. The molecule has 0 aromatic carbocycles. The number of ether oxygens (including phenoxy) is 1. The first-order valence-electron chi connectivity index (χ1n) is 5.77. The van der Waals surface area contributed by atoms with E-state index >= 15 is 0 Å². The highest BCUT2D eigenvalue weighted by Gasteiger charge is 2.33.